The molecule has 7 heteroatoms. The zero-order valence-corrected chi connectivity index (χ0v) is 21.0. The molecular weight excluding hydrogens is 477 g/mol. The third-order valence-electron chi connectivity index (χ3n) is 6.69. The van der Waals surface area contributed by atoms with E-state index in [0.29, 0.717) is 12.0 Å². The lowest BCUT2D eigenvalue weighted by Crippen LogP contribution is -2.47. The van der Waals surface area contributed by atoms with Crippen LogP contribution in [0, 0.1) is 25.7 Å². The molecule has 2 aliphatic rings. The first-order valence-electron chi connectivity index (χ1n) is 11.2. The molecule has 1 aliphatic heterocycles. The van der Waals surface area contributed by atoms with Crippen molar-refractivity contribution >= 4 is 29.9 Å². The number of piperidine rings is 1. The Bertz CT molecular complexity index is 612. The van der Waals surface area contributed by atoms with Gasteiger partial charge in [0.05, 0.1) is 12.2 Å². The van der Waals surface area contributed by atoms with Crippen LogP contribution in [0.3, 0.4) is 0 Å². The van der Waals surface area contributed by atoms with Gasteiger partial charge in [-0.15, -0.1) is 24.0 Å². The van der Waals surface area contributed by atoms with Crippen LogP contribution in [-0.4, -0.2) is 48.6 Å². The van der Waals surface area contributed by atoms with Crippen molar-refractivity contribution in [1.29, 1.82) is 0 Å². The van der Waals surface area contributed by atoms with Crippen molar-refractivity contribution in [3.8, 4) is 0 Å². The Morgan fingerprint density at radius 3 is 2.34 bits per heavy atom. The Hall–Kier alpha value is -0.830. The van der Waals surface area contributed by atoms with Crippen LogP contribution < -0.4 is 10.6 Å². The fourth-order valence-corrected chi connectivity index (χ4v) is 4.49. The highest BCUT2D eigenvalue weighted by atomic mass is 127. The first kappa shape index (κ1) is 24.4. The summed E-state index contributed by atoms with van der Waals surface area (Å²) in [6.45, 7) is 10.4. The number of halogens is 1. The van der Waals surface area contributed by atoms with Gasteiger partial charge < -0.3 is 15.1 Å². The number of nitrogens with zero attached hydrogens (tertiary/aromatic N) is 3. The van der Waals surface area contributed by atoms with Crippen LogP contribution in [0.2, 0.25) is 0 Å². The van der Waals surface area contributed by atoms with Gasteiger partial charge in [0.15, 0.2) is 5.96 Å². The van der Waals surface area contributed by atoms with Crippen LogP contribution in [0.4, 0.5) is 0 Å². The van der Waals surface area contributed by atoms with Gasteiger partial charge >= 0.3 is 0 Å². The van der Waals surface area contributed by atoms with Crippen LogP contribution >= 0.6 is 24.0 Å². The smallest absolute Gasteiger partial charge is 0.208 e. The molecule has 1 saturated heterocycles. The zero-order chi connectivity index (χ0) is 19.9. The van der Waals surface area contributed by atoms with Gasteiger partial charge in [0, 0.05) is 19.6 Å². The highest BCUT2D eigenvalue weighted by molar-refractivity contribution is 14.0. The molecule has 166 valence electrons. The van der Waals surface area contributed by atoms with Crippen LogP contribution in [0.1, 0.15) is 69.2 Å². The van der Waals surface area contributed by atoms with Crippen molar-refractivity contribution in [3.05, 3.63) is 17.3 Å². The molecule has 1 aliphatic carbocycles. The van der Waals surface area contributed by atoms with Gasteiger partial charge in [-0.1, -0.05) is 13.3 Å². The minimum absolute atomic E-state index is 0. The molecule has 6 nitrogen and oxygen atoms in total. The standard InChI is InChI=1S/C22H39N5O.HI/c1-5-18-6-8-20(9-7-18)26-22(23-4)24-14-19-10-12-27(13-11-19)15-21-25-16(2)17(3)28-21;/h18-20H,5-15H2,1-4H3,(H2,23,24,26);1H. The van der Waals surface area contributed by atoms with Crippen molar-refractivity contribution < 1.29 is 4.42 Å². The summed E-state index contributed by atoms with van der Waals surface area (Å²) in [6.07, 6.45) is 9.01. The Morgan fingerprint density at radius 1 is 1.10 bits per heavy atom. The average molecular weight is 518 g/mol. The number of aryl methyl sites for hydroxylation is 2. The maximum Gasteiger partial charge on any atom is 0.208 e. The molecule has 3 rings (SSSR count). The predicted molar refractivity (Wildman–Crippen MR) is 130 cm³/mol. The van der Waals surface area contributed by atoms with E-state index >= 15 is 0 Å². The van der Waals surface area contributed by atoms with Crippen molar-refractivity contribution in [2.24, 2.45) is 16.8 Å². The number of aliphatic imine (C=N–C) groups is 1. The second kappa shape index (κ2) is 12.1. The maximum atomic E-state index is 5.73. The summed E-state index contributed by atoms with van der Waals surface area (Å²) in [5.41, 5.74) is 1.01. The molecule has 0 unspecified atom stereocenters. The number of guanidine groups is 1. The van der Waals surface area contributed by atoms with E-state index in [1.165, 1.54) is 44.9 Å². The van der Waals surface area contributed by atoms with E-state index in [4.69, 9.17) is 4.42 Å². The summed E-state index contributed by atoms with van der Waals surface area (Å²) in [7, 11) is 1.88. The second-order valence-electron chi connectivity index (χ2n) is 8.69. The van der Waals surface area contributed by atoms with E-state index in [-0.39, 0.29) is 24.0 Å². The van der Waals surface area contributed by atoms with Gasteiger partial charge in [0.1, 0.15) is 5.76 Å². The zero-order valence-electron chi connectivity index (χ0n) is 18.7. The highest BCUT2D eigenvalue weighted by Gasteiger charge is 2.23. The number of oxazole rings is 1. The minimum atomic E-state index is 0. The summed E-state index contributed by atoms with van der Waals surface area (Å²) in [5.74, 6) is 4.42. The maximum absolute atomic E-state index is 5.73. The van der Waals surface area contributed by atoms with E-state index in [1.807, 2.05) is 20.9 Å². The number of rotatable bonds is 6. The molecule has 2 fully saturated rings. The fraction of sp³-hybridized carbons (Fsp3) is 0.818. The van der Waals surface area contributed by atoms with Crippen molar-refractivity contribution in [2.45, 2.75) is 78.3 Å². The lowest BCUT2D eigenvalue weighted by atomic mass is 9.84. The van der Waals surface area contributed by atoms with Crippen molar-refractivity contribution in [1.82, 2.24) is 20.5 Å². The average Bonchev–Trinajstić information content (AvgIpc) is 3.03. The number of likely N-dealkylation sites (tertiary alicyclic amines) is 1. The van der Waals surface area contributed by atoms with Gasteiger partial charge in [0.2, 0.25) is 5.89 Å². The third-order valence-corrected chi connectivity index (χ3v) is 6.69. The molecule has 1 saturated carbocycles. The first-order chi connectivity index (χ1) is 13.6. The van der Waals surface area contributed by atoms with Crippen LogP contribution in [0.25, 0.3) is 0 Å². The number of nitrogens with one attached hydrogen (secondary N) is 2. The summed E-state index contributed by atoms with van der Waals surface area (Å²) >= 11 is 0. The molecule has 1 aromatic rings. The quantitative estimate of drug-likeness (QED) is 0.336. The Morgan fingerprint density at radius 2 is 1.79 bits per heavy atom. The summed E-state index contributed by atoms with van der Waals surface area (Å²) in [4.78, 5) is 11.4. The topological polar surface area (TPSA) is 65.7 Å². The molecule has 2 heterocycles. The molecule has 0 aromatic carbocycles. The summed E-state index contributed by atoms with van der Waals surface area (Å²) < 4.78 is 5.73. The van der Waals surface area contributed by atoms with Crippen LogP contribution in [0.5, 0.6) is 0 Å². The number of aromatic nitrogens is 1. The molecule has 0 radical (unpaired) electrons. The Labute approximate surface area is 193 Å². The van der Waals surface area contributed by atoms with E-state index in [1.54, 1.807) is 0 Å². The van der Waals surface area contributed by atoms with Crippen LogP contribution in [0.15, 0.2) is 9.41 Å². The van der Waals surface area contributed by atoms with Gasteiger partial charge in [-0.2, -0.15) is 0 Å². The third kappa shape index (κ3) is 7.42. The monoisotopic (exact) mass is 517 g/mol. The van der Waals surface area contributed by atoms with E-state index in [2.05, 4.69) is 32.4 Å². The van der Waals surface area contributed by atoms with E-state index in [0.717, 1.165) is 55.4 Å². The van der Waals surface area contributed by atoms with Crippen molar-refractivity contribution in [2.75, 3.05) is 26.7 Å². The number of hydrogen-bond donors (Lipinski definition) is 2. The second-order valence-corrected chi connectivity index (χ2v) is 8.69. The molecule has 2 N–H and O–H groups in total. The molecule has 1 aromatic heterocycles. The van der Waals surface area contributed by atoms with E-state index in [9.17, 15) is 0 Å². The molecule has 0 bridgehead atoms. The molecule has 0 atom stereocenters. The SMILES string of the molecule is CCC1CCC(NC(=NC)NCC2CCN(Cc3nc(C)c(C)o3)CC2)CC1.I. The first-order valence-corrected chi connectivity index (χ1v) is 11.2. The van der Waals surface area contributed by atoms with Gasteiger partial charge in [-0.05, 0) is 77.3 Å². The molecular formula is C22H40IN5O. The summed E-state index contributed by atoms with van der Waals surface area (Å²) in [6, 6.07) is 0.587. The fourth-order valence-electron chi connectivity index (χ4n) is 4.49. The molecule has 0 amide bonds. The largest absolute Gasteiger partial charge is 0.444 e. The Kier molecular flexibility index (Phi) is 10.2. The van der Waals surface area contributed by atoms with Gasteiger partial charge in [-0.3, -0.25) is 9.89 Å². The molecule has 29 heavy (non-hydrogen) atoms. The van der Waals surface area contributed by atoms with Gasteiger partial charge in [0.25, 0.3) is 0 Å². The van der Waals surface area contributed by atoms with Crippen LogP contribution in [-0.2, 0) is 6.54 Å². The highest BCUT2D eigenvalue weighted by Crippen LogP contribution is 2.26. The normalized spacial score (nSPS) is 24.2. The van der Waals surface area contributed by atoms with E-state index < -0.39 is 0 Å². The minimum Gasteiger partial charge on any atom is -0.444 e. The predicted octanol–water partition coefficient (Wildman–Crippen LogP) is 4.26. The lowest BCUT2D eigenvalue weighted by molar-refractivity contribution is 0.164. The molecule has 0 spiro atoms. The van der Waals surface area contributed by atoms with Crippen molar-refractivity contribution in [3.63, 3.8) is 0 Å². The number of hydrogen-bond acceptors (Lipinski definition) is 4. The lowest BCUT2D eigenvalue weighted by Gasteiger charge is -2.32. The summed E-state index contributed by atoms with van der Waals surface area (Å²) in [5, 5.41) is 7.22. The Balaban J connectivity index is 0.00000300. The van der Waals surface area contributed by atoms with Gasteiger partial charge in [-0.25, -0.2) is 4.98 Å².